The summed E-state index contributed by atoms with van der Waals surface area (Å²) in [4.78, 5) is 34.7. The number of carbonyl (C=O) groups excluding carboxylic acids is 1. The maximum Gasteiger partial charge on any atom is 0.311 e. The van der Waals surface area contributed by atoms with Crippen LogP contribution in [0.2, 0.25) is 0 Å². The molecule has 9 nitrogen and oxygen atoms in total. The summed E-state index contributed by atoms with van der Waals surface area (Å²) in [5.74, 6) is 0.944. The molecule has 0 unspecified atom stereocenters. The molecule has 0 amide bonds. The molecule has 0 saturated carbocycles. The molecule has 3 heterocycles. The van der Waals surface area contributed by atoms with Gasteiger partial charge in [-0.05, 0) is 38.0 Å². The average molecular weight is 454 g/mol. The van der Waals surface area contributed by atoms with Crippen LogP contribution in [0.5, 0.6) is 5.75 Å². The number of benzene rings is 1. The number of fused-ring (bicyclic) bond motifs is 1. The first-order valence-corrected chi connectivity index (χ1v) is 11.6. The van der Waals surface area contributed by atoms with Gasteiger partial charge in [-0.15, -0.1) is 0 Å². The Kier molecular flexibility index (Phi) is 6.78. The van der Waals surface area contributed by atoms with Gasteiger partial charge in [0.05, 0.1) is 30.4 Å². The Morgan fingerprint density at radius 2 is 2.00 bits per heavy atom. The molecular weight excluding hydrogens is 422 g/mol. The fraction of sp³-hybridized carbons (Fsp3) is 0.500. The Morgan fingerprint density at radius 1 is 1.21 bits per heavy atom. The highest BCUT2D eigenvalue weighted by molar-refractivity contribution is 5.80. The van der Waals surface area contributed by atoms with Gasteiger partial charge in [-0.25, -0.2) is 4.98 Å². The molecule has 1 aromatic carbocycles. The van der Waals surface area contributed by atoms with Gasteiger partial charge in [0.2, 0.25) is 0 Å². The number of aryl methyl sites for hydroxylation is 2. The van der Waals surface area contributed by atoms with Crippen molar-refractivity contribution in [2.45, 2.75) is 40.2 Å². The standard InChI is InChI=1S/C24H31N5O4/c1-5-8-18-20-21(28(4)27-18)23(30)26-22(25-20)17-11-15(9-10-19(17)32-6-2)12-29-13-16(14-29)24(31)33-7-3/h9-11,16H,5-8,12-14H2,1-4H3,(H,25,26,30). The smallest absolute Gasteiger partial charge is 0.311 e. The fourth-order valence-electron chi connectivity index (χ4n) is 4.29. The maximum absolute atomic E-state index is 12.9. The minimum atomic E-state index is -0.222. The number of carbonyl (C=O) groups is 1. The molecule has 0 spiro atoms. The van der Waals surface area contributed by atoms with Crippen LogP contribution in [0.4, 0.5) is 0 Å². The van der Waals surface area contributed by atoms with Crippen LogP contribution in [-0.2, 0) is 29.5 Å². The number of rotatable bonds is 9. The normalized spacial score (nSPS) is 14.4. The van der Waals surface area contributed by atoms with Crippen molar-refractivity contribution in [2.75, 3.05) is 26.3 Å². The van der Waals surface area contributed by atoms with Crippen molar-refractivity contribution in [3.63, 3.8) is 0 Å². The van der Waals surface area contributed by atoms with Crippen LogP contribution in [0.1, 0.15) is 38.4 Å². The average Bonchev–Trinajstić information content (AvgIpc) is 3.07. The van der Waals surface area contributed by atoms with E-state index in [4.69, 9.17) is 14.5 Å². The van der Waals surface area contributed by atoms with Gasteiger partial charge in [0.25, 0.3) is 5.56 Å². The van der Waals surface area contributed by atoms with E-state index in [1.54, 1.807) is 11.7 Å². The molecule has 0 bridgehead atoms. The van der Waals surface area contributed by atoms with Crippen LogP contribution in [0.15, 0.2) is 23.0 Å². The summed E-state index contributed by atoms with van der Waals surface area (Å²) in [6, 6.07) is 5.93. The summed E-state index contributed by atoms with van der Waals surface area (Å²) in [6.07, 6.45) is 1.67. The van der Waals surface area contributed by atoms with E-state index in [-0.39, 0.29) is 17.4 Å². The highest BCUT2D eigenvalue weighted by Gasteiger charge is 2.33. The summed E-state index contributed by atoms with van der Waals surface area (Å²) < 4.78 is 12.5. The number of aromatic nitrogens is 4. The summed E-state index contributed by atoms with van der Waals surface area (Å²) in [5.41, 5.74) is 3.50. The van der Waals surface area contributed by atoms with Crippen molar-refractivity contribution >= 4 is 17.0 Å². The Morgan fingerprint density at radius 3 is 2.70 bits per heavy atom. The zero-order valence-corrected chi connectivity index (χ0v) is 19.7. The van der Waals surface area contributed by atoms with Crippen molar-refractivity contribution in [2.24, 2.45) is 13.0 Å². The maximum atomic E-state index is 12.9. The molecule has 176 valence electrons. The monoisotopic (exact) mass is 453 g/mol. The van der Waals surface area contributed by atoms with E-state index in [1.165, 1.54) is 0 Å². The quantitative estimate of drug-likeness (QED) is 0.497. The van der Waals surface area contributed by atoms with Crippen molar-refractivity contribution in [3.8, 4) is 17.1 Å². The molecule has 33 heavy (non-hydrogen) atoms. The highest BCUT2D eigenvalue weighted by atomic mass is 16.5. The lowest BCUT2D eigenvalue weighted by molar-refractivity contribution is -0.154. The van der Waals surface area contributed by atoms with Crippen LogP contribution in [-0.4, -0.2) is 56.9 Å². The molecule has 1 fully saturated rings. The Balaban J connectivity index is 1.65. The highest BCUT2D eigenvalue weighted by Crippen LogP contribution is 2.31. The second kappa shape index (κ2) is 9.74. The summed E-state index contributed by atoms with van der Waals surface area (Å²) >= 11 is 0. The number of aromatic amines is 1. The number of likely N-dealkylation sites (tertiary alicyclic amines) is 1. The van der Waals surface area contributed by atoms with Crippen LogP contribution in [0.25, 0.3) is 22.4 Å². The number of hydrogen-bond acceptors (Lipinski definition) is 7. The van der Waals surface area contributed by atoms with E-state index in [1.807, 2.05) is 32.0 Å². The van der Waals surface area contributed by atoms with Crippen molar-refractivity contribution in [1.29, 1.82) is 0 Å². The largest absolute Gasteiger partial charge is 0.493 e. The lowest BCUT2D eigenvalue weighted by atomic mass is 9.99. The molecular formula is C24H31N5O4. The molecule has 2 aromatic heterocycles. The van der Waals surface area contributed by atoms with Gasteiger partial charge in [0.1, 0.15) is 17.1 Å². The molecule has 1 N–H and O–H groups in total. The topological polar surface area (TPSA) is 102 Å². The number of ether oxygens (including phenoxy) is 2. The van der Waals surface area contributed by atoms with Gasteiger partial charge in [-0.3, -0.25) is 19.2 Å². The molecule has 4 rings (SSSR count). The third kappa shape index (κ3) is 4.64. The zero-order valence-electron chi connectivity index (χ0n) is 19.7. The zero-order chi connectivity index (χ0) is 23.5. The first-order valence-electron chi connectivity index (χ1n) is 11.6. The molecule has 1 saturated heterocycles. The van der Waals surface area contributed by atoms with Gasteiger partial charge < -0.3 is 14.5 Å². The third-order valence-electron chi connectivity index (χ3n) is 5.83. The summed E-state index contributed by atoms with van der Waals surface area (Å²) in [6.45, 7) is 8.78. The van der Waals surface area contributed by atoms with Crippen LogP contribution in [0.3, 0.4) is 0 Å². The van der Waals surface area contributed by atoms with Gasteiger partial charge in [-0.1, -0.05) is 19.4 Å². The van der Waals surface area contributed by atoms with E-state index in [2.05, 4.69) is 21.9 Å². The predicted octanol–water partition coefficient (Wildman–Crippen LogP) is 2.67. The number of hydrogen-bond donors (Lipinski definition) is 1. The summed E-state index contributed by atoms with van der Waals surface area (Å²) in [7, 11) is 1.76. The third-order valence-corrected chi connectivity index (χ3v) is 5.83. The molecule has 3 aromatic rings. The molecule has 9 heteroatoms. The number of H-pyrrole nitrogens is 1. The Hall–Kier alpha value is -3.20. The second-order valence-electron chi connectivity index (χ2n) is 8.34. The van der Waals surface area contributed by atoms with E-state index in [0.717, 1.165) is 29.7 Å². The van der Waals surface area contributed by atoms with Crippen molar-refractivity contribution in [3.05, 3.63) is 39.8 Å². The predicted molar refractivity (Wildman–Crippen MR) is 125 cm³/mol. The minimum absolute atomic E-state index is 0.0601. The second-order valence-corrected chi connectivity index (χ2v) is 8.34. The summed E-state index contributed by atoms with van der Waals surface area (Å²) in [5, 5.41) is 4.50. The number of nitrogens with one attached hydrogen (secondary N) is 1. The van der Waals surface area contributed by atoms with Gasteiger partial charge in [-0.2, -0.15) is 5.10 Å². The van der Waals surface area contributed by atoms with Gasteiger partial charge >= 0.3 is 5.97 Å². The lowest BCUT2D eigenvalue weighted by Crippen LogP contribution is -2.50. The Labute approximate surface area is 192 Å². The van der Waals surface area contributed by atoms with Gasteiger partial charge in [0.15, 0.2) is 5.52 Å². The lowest BCUT2D eigenvalue weighted by Gasteiger charge is -2.37. The molecule has 0 atom stereocenters. The molecule has 0 radical (unpaired) electrons. The number of esters is 1. The van der Waals surface area contributed by atoms with Crippen LogP contribution in [0, 0.1) is 5.92 Å². The van der Waals surface area contributed by atoms with Crippen molar-refractivity contribution in [1.82, 2.24) is 24.6 Å². The first kappa shape index (κ1) is 23.0. The van der Waals surface area contributed by atoms with E-state index in [0.29, 0.717) is 55.5 Å². The van der Waals surface area contributed by atoms with Crippen LogP contribution >= 0.6 is 0 Å². The fourth-order valence-corrected chi connectivity index (χ4v) is 4.29. The molecule has 1 aliphatic heterocycles. The Bertz CT molecular complexity index is 1210. The van der Waals surface area contributed by atoms with Crippen LogP contribution < -0.4 is 10.3 Å². The van der Waals surface area contributed by atoms with E-state index in [9.17, 15) is 9.59 Å². The molecule has 0 aliphatic carbocycles. The first-order chi connectivity index (χ1) is 15.9. The minimum Gasteiger partial charge on any atom is -0.493 e. The van der Waals surface area contributed by atoms with Crippen molar-refractivity contribution < 1.29 is 14.3 Å². The SMILES string of the molecule is CCCc1nn(C)c2c(=O)[nH]c(-c3cc(CN4CC(C(=O)OCC)C4)ccc3OCC)nc12. The number of nitrogens with zero attached hydrogens (tertiary/aromatic N) is 4. The van der Waals surface area contributed by atoms with E-state index < -0.39 is 0 Å². The molecule has 1 aliphatic rings. The van der Waals surface area contributed by atoms with E-state index >= 15 is 0 Å². The van der Waals surface area contributed by atoms with Gasteiger partial charge in [0, 0.05) is 26.7 Å².